The van der Waals surface area contributed by atoms with E-state index in [0.29, 0.717) is 5.75 Å². The Morgan fingerprint density at radius 2 is 1.31 bits per heavy atom. The molecule has 0 spiro atoms. The quantitative estimate of drug-likeness (QED) is 0.0973. The van der Waals surface area contributed by atoms with Gasteiger partial charge in [0.1, 0.15) is 5.75 Å². The maximum absolute atomic E-state index is 12.4. The van der Waals surface area contributed by atoms with E-state index in [0.717, 1.165) is 9.13 Å². The summed E-state index contributed by atoms with van der Waals surface area (Å²) in [6.45, 7) is 3.36. The van der Waals surface area contributed by atoms with E-state index < -0.39 is 11.6 Å². The second kappa shape index (κ2) is 12.2. The minimum Gasteiger partial charge on any atom is -0.482 e. The van der Waals surface area contributed by atoms with Crippen LogP contribution in [0.2, 0.25) is 0 Å². The molecule has 0 N–H and O–H groups in total. The number of esters is 1. The Labute approximate surface area is 229 Å². The summed E-state index contributed by atoms with van der Waals surface area (Å²) in [7, 11) is -0.232. The van der Waals surface area contributed by atoms with E-state index in [9.17, 15) is 4.79 Å². The van der Waals surface area contributed by atoms with Gasteiger partial charge in [0.2, 0.25) is 0 Å². The fraction of sp³-hybridized carbons (Fsp3) is 0.129. The molecule has 0 saturated heterocycles. The molecule has 180 valence electrons. The second-order valence-corrected chi connectivity index (χ2v) is 11.7. The minimum absolute atomic E-state index is 0.183. The molecule has 4 rings (SSSR count). The van der Waals surface area contributed by atoms with E-state index in [1.807, 2.05) is 48.5 Å². The SMILES string of the molecule is CC(C)(C#Cc1ccc(I)cc1)OC(=O)COc1ccc([S+](c2ccccc2)c2ccccc2)cc1. The van der Waals surface area contributed by atoms with Crippen molar-refractivity contribution in [1.29, 1.82) is 0 Å². The van der Waals surface area contributed by atoms with Crippen molar-refractivity contribution in [3.05, 3.63) is 118 Å². The van der Waals surface area contributed by atoms with Crippen LogP contribution in [0.5, 0.6) is 5.75 Å². The van der Waals surface area contributed by atoms with Crippen LogP contribution in [0.3, 0.4) is 0 Å². The molecule has 3 nitrogen and oxygen atoms in total. The van der Waals surface area contributed by atoms with Crippen LogP contribution in [0.4, 0.5) is 0 Å². The van der Waals surface area contributed by atoms with Crippen LogP contribution in [0, 0.1) is 15.4 Å². The highest BCUT2D eigenvalue weighted by molar-refractivity contribution is 14.1. The molecule has 4 aromatic rings. The summed E-state index contributed by atoms with van der Waals surface area (Å²) in [4.78, 5) is 16.1. The van der Waals surface area contributed by atoms with E-state index in [1.165, 1.54) is 14.7 Å². The Hall–Kier alpha value is -3.21. The van der Waals surface area contributed by atoms with Gasteiger partial charge in [-0.25, -0.2) is 4.79 Å². The van der Waals surface area contributed by atoms with Crippen LogP contribution in [0.25, 0.3) is 0 Å². The number of hydrogen-bond acceptors (Lipinski definition) is 3. The number of carbonyl (C=O) groups excluding carboxylic acids is 1. The molecule has 36 heavy (non-hydrogen) atoms. The van der Waals surface area contributed by atoms with E-state index in [-0.39, 0.29) is 17.5 Å². The summed E-state index contributed by atoms with van der Waals surface area (Å²) >= 11 is 2.25. The largest absolute Gasteiger partial charge is 0.482 e. The van der Waals surface area contributed by atoms with Crippen molar-refractivity contribution in [2.45, 2.75) is 34.1 Å². The third-order valence-corrected chi connectivity index (χ3v) is 8.04. The van der Waals surface area contributed by atoms with Crippen LogP contribution >= 0.6 is 22.6 Å². The molecule has 4 aromatic carbocycles. The summed E-state index contributed by atoms with van der Waals surface area (Å²) in [5.41, 5.74) is -0.0478. The first-order valence-electron chi connectivity index (χ1n) is 11.5. The van der Waals surface area contributed by atoms with Crippen LogP contribution in [0.15, 0.2) is 124 Å². The predicted octanol–water partition coefficient (Wildman–Crippen LogP) is 7.14. The van der Waals surface area contributed by atoms with Crippen molar-refractivity contribution in [1.82, 2.24) is 0 Å². The number of hydrogen-bond donors (Lipinski definition) is 0. The summed E-state index contributed by atoms with van der Waals surface area (Å²) in [6, 6.07) is 36.7. The van der Waals surface area contributed by atoms with Crippen molar-refractivity contribution in [3.8, 4) is 17.6 Å². The molecule has 0 fully saturated rings. The lowest BCUT2D eigenvalue weighted by atomic mass is 10.1. The molecule has 0 bridgehead atoms. The molecule has 0 amide bonds. The highest BCUT2D eigenvalue weighted by Crippen LogP contribution is 2.31. The summed E-state index contributed by atoms with van der Waals surface area (Å²) in [5, 5.41) is 0. The standard InChI is InChI=1S/C31H26IO3S/c1-31(2,22-21-24-13-15-25(32)16-14-24)35-30(33)23-34-26-17-19-29(20-18-26)36(27-9-5-3-6-10-27)28-11-7-4-8-12-28/h3-20H,23H2,1-2H3/q+1. The van der Waals surface area contributed by atoms with Gasteiger partial charge in [-0.3, -0.25) is 0 Å². The van der Waals surface area contributed by atoms with Crippen LogP contribution in [-0.2, 0) is 20.4 Å². The molecule has 0 heterocycles. The smallest absolute Gasteiger partial charge is 0.345 e. The fourth-order valence-electron chi connectivity index (χ4n) is 3.43. The normalized spacial score (nSPS) is 10.9. The van der Waals surface area contributed by atoms with E-state index in [2.05, 4.69) is 95.1 Å². The molecule has 0 aliphatic carbocycles. The summed E-state index contributed by atoms with van der Waals surface area (Å²) in [5.74, 6) is 6.24. The van der Waals surface area contributed by atoms with Gasteiger partial charge in [-0.15, -0.1) is 0 Å². The third-order valence-electron chi connectivity index (χ3n) is 5.10. The monoisotopic (exact) mass is 605 g/mol. The maximum atomic E-state index is 12.4. The second-order valence-electron chi connectivity index (χ2n) is 8.43. The van der Waals surface area contributed by atoms with Crippen molar-refractivity contribution in [2.24, 2.45) is 0 Å². The zero-order chi connectivity index (χ0) is 25.4. The van der Waals surface area contributed by atoms with Gasteiger partial charge in [-0.1, -0.05) is 48.2 Å². The summed E-state index contributed by atoms with van der Waals surface area (Å²) < 4.78 is 12.4. The first-order valence-corrected chi connectivity index (χ1v) is 13.8. The number of carbonyl (C=O) groups is 1. The van der Waals surface area contributed by atoms with Gasteiger partial charge < -0.3 is 9.47 Å². The Kier molecular flexibility index (Phi) is 8.74. The van der Waals surface area contributed by atoms with Crippen LogP contribution in [-0.4, -0.2) is 18.2 Å². The zero-order valence-electron chi connectivity index (χ0n) is 20.1. The molecule has 0 radical (unpaired) electrons. The van der Waals surface area contributed by atoms with Gasteiger partial charge in [0.05, 0.1) is 10.9 Å². The number of halogens is 1. The van der Waals surface area contributed by atoms with Crippen molar-refractivity contribution < 1.29 is 14.3 Å². The maximum Gasteiger partial charge on any atom is 0.345 e. The van der Waals surface area contributed by atoms with Crippen LogP contribution in [0.1, 0.15) is 19.4 Å². The highest BCUT2D eigenvalue weighted by Gasteiger charge is 2.28. The van der Waals surface area contributed by atoms with Gasteiger partial charge in [-0.05, 0) is 109 Å². The van der Waals surface area contributed by atoms with E-state index in [4.69, 9.17) is 9.47 Å². The Bertz CT molecular complexity index is 1300. The summed E-state index contributed by atoms with van der Waals surface area (Å²) in [6.07, 6.45) is 0. The van der Waals surface area contributed by atoms with Gasteiger partial charge in [0, 0.05) is 9.13 Å². The third kappa shape index (κ3) is 7.39. The minimum atomic E-state index is -0.924. The molecule has 0 saturated carbocycles. The zero-order valence-corrected chi connectivity index (χ0v) is 23.1. The van der Waals surface area contributed by atoms with Crippen molar-refractivity contribution in [3.63, 3.8) is 0 Å². The first-order chi connectivity index (χ1) is 17.4. The molecule has 5 heteroatoms. The topological polar surface area (TPSA) is 35.5 Å². The Morgan fingerprint density at radius 1 is 0.778 bits per heavy atom. The van der Waals surface area contributed by atoms with Crippen molar-refractivity contribution in [2.75, 3.05) is 6.61 Å². The molecule has 0 atom stereocenters. The lowest BCUT2D eigenvalue weighted by molar-refractivity contribution is -0.154. The Balaban J connectivity index is 1.39. The van der Waals surface area contributed by atoms with Crippen molar-refractivity contribution >= 4 is 39.5 Å². The lowest BCUT2D eigenvalue weighted by Gasteiger charge is -2.19. The van der Waals surface area contributed by atoms with E-state index in [1.54, 1.807) is 13.8 Å². The fourth-order valence-corrected chi connectivity index (χ4v) is 5.87. The van der Waals surface area contributed by atoms with Gasteiger partial charge in [0.15, 0.2) is 26.9 Å². The first kappa shape index (κ1) is 25.9. The average Bonchev–Trinajstić information content (AvgIpc) is 2.89. The highest BCUT2D eigenvalue weighted by atomic mass is 127. The molecular weight excluding hydrogens is 579 g/mol. The van der Waals surface area contributed by atoms with E-state index >= 15 is 0 Å². The molecule has 0 unspecified atom stereocenters. The number of rotatable bonds is 7. The molecule has 0 aromatic heterocycles. The van der Waals surface area contributed by atoms with Gasteiger partial charge >= 0.3 is 5.97 Å². The molecule has 0 aliphatic heterocycles. The molecule has 0 aliphatic rings. The number of ether oxygens (including phenoxy) is 2. The number of benzene rings is 4. The van der Waals surface area contributed by atoms with Gasteiger partial charge in [0.25, 0.3) is 0 Å². The lowest BCUT2D eigenvalue weighted by Crippen LogP contribution is -2.29. The predicted molar refractivity (Wildman–Crippen MR) is 153 cm³/mol. The Morgan fingerprint density at radius 3 is 1.86 bits per heavy atom. The van der Waals surface area contributed by atoms with Crippen LogP contribution < -0.4 is 4.74 Å². The average molecular weight is 606 g/mol. The molecular formula is C31H26IO3S+. The van der Waals surface area contributed by atoms with Gasteiger partial charge in [-0.2, -0.15) is 0 Å².